The summed E-state index contributed by atoms with van der Waals surface area (Å²) in [6, 6.07) is 5.96. The van der Waals surface area contributed by atoms with Crippen molar-refractivity contribution in [2.24, 2.45) is 0 Å². The summed E-state index contributed by atoms with van der Waals surface area (Å²) in [5.41, 5.74) is 8.46. The third-order valence-corrected chi connectivity index (χ3v) is 3.76. The van der Waals surface area contributed by atoms with Crippen LogP contribution in [0.3, 0.4) is 0 Å². The lowest BCUT2D eigenvalue weighted by Crippen LogP contribution is -2.18. The third kappa shape index (κ3) is 1.92. The van der Waals surface area contributed by atoms with Crippen molar-refractivity contribution in [2.45, 2.75) is 19.3 Å². The Morgan fingerprint density at radius 3 is 2.89 bits per heavy atom. The van der Waals surface area contributed by atoms with E-state index < -0.39 is 0 Å². The molecule has 0 atom stereocenters. The number of benzene rings is 1. The first-order valence-electron chi connectivity index (χ1n) is 6.03. The number of ether oxygens (including phenoxy) is 1. The number of nitrogens with zero attached hydrogens (tertiary/aromatic N) is 2. The van der Waals surface area contributed by atoms with Gasteiger partial charge >= 0.3 is 0 Å². The summed E-state index contributed by atoms with van der Waals surface area (Å²) < 4.78 is 5.67. The topological polar surface area (TPSA) is 61.0 Å². The molecule has 0 fully saturated rings. The highest BCUT2D eigenvalue weighted by Crippen LogP contribution is 2.41. The predicted octanol–water partition coefficient (Wildman–Crippen LogP) is 3.05. The fourth-order valence-corrected chi connectivity index (χ4v) is 2.46. The van der Waals surface area contributed by atoms with Crippen LogP contribution >= 0.6 is 11.6 Å². The lowest BCUT2D eigenvalue weighted by molar-refractivity contribution is 0.291. The highest BCUT2D eigenvalue weighted by atomic mass is 35.5. The van der Waals surface area contributed by atoms with Gasteiger partial charge in [-0.15, -0.1) is 0 Å². The fraction of sp³-hybridized carbons (Fsp3) is 0.286. The number of anilines is 1. The summed E-state index contributed by atoms with van der Waals surface area (Å²) >= 11 is 6.17. The smallest absolute Gasteiger partial charge is 0.146 e. The van der Waals surface area contributed by atoms with E-state index in [1.165, 1.54) is 11.9 Å². The Morgan fingerprint density at radius 2 is 2.11 bits per heavy atom. The summed E-state index contributed by atoms with van der Waals surface area (Å²) in [7, 11) is 0. The maximum absolute atomic E-state index is 6.17. The maximum Gasteiger partial charge on any atom is 0.146 e. The van der Waals surface area contributed by atoms with E-state index in [2.05, 4.69) is 29.9 Å². The molecule has 1 aliphatic rings. The predicted molar refractivity (Wildman–Crippen MR) is 75.4 cm³/mol. The molecular formula is C14H14ClN3O. The SMILES string of the molecule is CC1(C)COc2ccc(-c3ncnc(N)c3Cl)cc21. The molecule has 0 radical (unpaired) electrons. The van der Waals surface area contributed by atoms with Gasteiger partial charge in [-0.1, -0.05) is 25.4 Å². The van der Waals surface area contributed by atoms with Gasteiger partial charge in [0.1, 0.15) is 22.9 Å². The maximum atomic E-state index is 6.17. The van der Waals surface area contributed by atoms with E-state index >= 15 is 0 Å². The summed E-state index contributed by atoms with van der Waals surface area (Å²) in [4.78, 5) is 8.09. The second-order valence-electron chi connectivity index (χ2n) is 5.30. The van der Waals surface area contributed by atoms with Crippen LogP contribution in [0.4, 0.5) is 5.82 Å². The average Bonchev–Trinajstić information content (AvgIpc) is 2.69. The van der Waals surface area contributed by atoms with Crippen LogP contribution < -0.4 is 10.5 Å². The Kier molecular flexibility index (Phi) is 2.64. The van der Waals surface area contributed by atoms with Crippen molar-refractivity contribution in [3.8, 4) is 17.0 Å². The number of fused-ring (bicyclic) bond motifs is 1. The molecule has 5 heteroatoms. The Hall–Kier alpha value is -1.81. The molecule has 2 N–H and O–H groups in total. The summed E-state index contributed by atoms with van der Waals surface area (Å²) in [5, 5.41) is 0.388. The van der Waals surface area contributed by atoms with Crippen LogP contribution in [-0.4, -0.2) is 16.6 Å². The van der Waals surface area contributed by atoms with Gasteiger partial charge in [0, 0.05) is 16.5 Å². The molecule has 0 bridgehead atoms. The molecule has 2 heterocycles. The molecule has 0 aliphatic carbocycles. The molecule has 0 unspecified atom stereocenters. The molecule has 0 saturated heterocycles. The standard InChI is InChI=1S/C14H14ClN3O/c1-14(2)6-19-10-4-3-8(5-9(10)14)12-11(15)13(16)18-7-17-12/h3-5,7H,6H2,1-2H3,(H2,16,17,18). The first-order valence-corrected chi connectivity index (χ1v) is 6.40. The molecular weight excluding hydrogens is 262 g/mol. The van der Waals surface area contributed by atoms with Crippen molar-refractivity contribution < 1.29 is 4.74 Å². The number of hydrogen-bond acceptors (Lipinski definition) is 4. The molecule has 19 heavy (non-hydrogen) atoms. The first-order chi connectivity index (χ1) is 8.99. The molecule has 1 aromatic heterocycles. The number of aromatic nitrogens is 2. The zero-order valence-corrected chi connectivity index (χ0v) is 11.5. The van der Waals surface area contributed by atoms with E-state index in [0.29, 0.717) is 23.1 Å². The Morgan fingerprint density at radius 1 is 1.32 bits per heavy atom. The Labute approximate surface area is 116 Å². The minimum Gasteiger partial charge on any atom is -0.492 e. The van der Waals surface area contributed by atoms with E-state index in [0.717, 1.165) is 11.3 Å². The van der Waals surface area contributed by atoms with Crippen LogP contribution in [0.5, 0.6) is 5.75 Å². The molecule has 98 valence electrons. The third-order valence-electron chi connectivity index (χ3n) is 3.39. The molecule has 4 nitrogen and oxygen atoms in total. The molecule has 0 spiro atoms. The van der Waals surface area contributed by atoms with Crippen molar-refractivity contribution in [3.63, 3.8) is 0 Å². The normalized spacial score (nSPS) is 15.9. The van der Waals surface area contributed by atoms with Crippen molar-refractivity contribution >= 4 is 17.4 Å². The number of nitrogens with two attached hydrogens (primary N) is 1. The van der Waals surface area contributed by atoms with Gasteiger partial charge in [-0.3, -0.25) is 0 Å². The van der Waals surface area contributed by atoms with Gasteiger partial charge in [0.15, 0.2) is 0 Å². The largest absolute Gasteiger partial charge is 0.492 e. The Balaban J connectivity index is 2.16. The van der Waals surface area contributed by atoms with E-state index in [-0.39, 0.29) is 5.41 Å². The quantitative estimate of drug-likeness (QED) is 0.869. The minimum atomic E-state index is -0.00358. The van der Waals surface area contributed by atoms with Crippen LogP contribution in [0.1, 0.15) is 19.4 Å². The Bertz CT molecular complexity index is 655. The van der Waals surface area contributed by atoms with Crippen molar-refractivity contribution in [2.75, 3.05) is 12.3 Å². The highest BCUT2D eigenvalue weighted by Gasteiger charge is 2.32. The molecule has 1 aromatic carbocycles. The second kappa shape index (κ2) is 4.10. The molecule has 1 aliphatic heterocycles. The summed E-state index contributed by atoms with van der Waals surface area (Å²) in [6.07, 6.45) is 1.42. The van der Waals surface area contributed by atoms with Crippen LogP contribution in [0, 0.1) is 0 Å². The van der Waals surface area contributed by atoms with Gasteiger partial charge in [0.25, 0.3) is 0 Å². The summed E-state index contributed by atoms with van der Waals surface area (Å²) in [5.74, 6) is 1.22. The zero-order chi connectivity index (χ0) is 13.6. The van der Waals surface area contributed by atoms with Gasteiger partial charge in [-0.25, -0.2) is 9.97 Å². The van der Waals surface area contributed by atoms with E-state index in [9.17, 15) is 0 Å². The molecule has 0 saturated carbocycles. The lowest BCUT2D eigenvalue weighted by atomic mass is 9.86. The highest BCUT2D eigenvalue weighted by molar-refractivity contribution is 6.35. The minimum absolute atomic E-state index is 0.00358. The first kappa shape index (κ1) is 12.2. The molecule has 3 rings (SSSR count). The van der Waals surface area contributed by atoms with Gasteiger partial charge < -0.3 is 10.5 Å². The second-order valence-corrected chi connectivity index (χ2v) is 5.68. The van der Waals surface area contributed by atoms with Crippen LogP contribution in [0.2, 0.25) is 5.02 Å². The summed E-state index contributed by atoms with van der Waals surface area (Å²) in [6.45, 7) is 4.99. The van der Waals surface area contributed by atoms with Crippen LogP contribution in [-0.2, 0) is 5.41 Å². The van der Waals surface area contributed by atoms with Crippen LogP contribution in [0.15, 0.2) is 24.5 Å². The average molecular weight is 276 g/mol. The van der Waals surface area contributed by atoms with Crippen molar-refractivity contribution in [1.29, 1.82) is 0 Å². The van der Waals surface area contributed by atoms with E-state index in [1.807, 2.05) is 12.1 Å². The number of halogens is 1. The van der Waals surface area contributed by atoms with Gasteiger partial charge in [-0.2, -0.15) is 0 Å². The van der Waals surface area contributed by atoms with Gasteiger partial charge in [-0.05, 0) is 18.2 Å². The van der Waals surface area contributed by atoms with Gasteiger partial charge in [0.2, 0.25) is 0 Å². The van der Waals surface area contributed by atoms with Gasteiger partial charge in [0.05, 0.1) is 12.3 Å². The monoisotopic (exact) mass is 275 g/mol. The van der Waals surface area contributed by atoms with Crippen LogP contribution in [0.25, 0.3) is 11.3 Å². The zero-order valence-electron chi connectivity index (χ0n) is 10.8. The number of rotatable bonds is 1. The van der Waals surface area contributed by atoms with E-state index in [4.69, 9.17) is 22.1 Å². The van der Waals surface area contributed by atoms with Crippen molar-refractivity contribution in [1.82, 2.24) is 9.97 Å². The van der Waals surface area contributed by atoms with Crippen molar-refractivity contribution in [3.05, 3.63) is 35.1 Å². The fourth-order valence-electron chi connectivity index (χ4n) is 2.25. The number of nitrogen functional groups attached to an aromatic ring is 1. The van der Waals surface area contributed by atoms with E-state index in [1.54, 1.807) is 0 Å². The lowest BCUT2D eigenvalue weighted by Gasteiger charge is -2.16. The molecule has 2 aromatic rings. The molecule has 0 amide bonds. The number of hydrogen-bond donors (Lipinski definition) is 1.